The van der Waals surface area contributed by atoms with Gasteiger partial charge in [0.2, 0.25) is 0 Å². The summed E-state index contributed by atoms with van der Waals surface area (Å²) >= 11 is 6.08. The zero-order valence-electron chi connectivity index (χ0n) is 8.75. The normalized spacial score (nSPS) is 11.6. The molecule has 0 bridgehead atoms. The smallest absolute Gasteiger partial charge is 0.118 e. The number of methoxy groups -OCH3 is 1. The second-order valence-electron chi connectivity index (χ2n) is 2.99. The minimum Gasteiger partial charge on any atom is -0.497 e. The summed E-state index contributed by atoms with van der Waals surface area (Å²) in [5.41, 5.74) is 1.44. The van der Waals surface area contributed by atoms with E-state index >= 15 is 0 Å². The third-order valence-corrected chi connectivity index (χ3v) is 2.54. The van der Waals surface area contributed by atoms with Gasteiger partial charge in [0, 0.05) is 5.57 Å². The Bertz CT molecular complexity index is 401. The van der Waals surface area contributed by atoms with E-state index < -0.39 is 0 Å². The van der Waals surface area contributed by atoms with E-state index in [4.69, 9.17) is 21.6 Å². The van der Waals surface area contributed by atoms with Gasteiger partial charge in [0.05, 0.1) is 18.2 Å². The van der Waals surface area contributed by atoms with Crippen LogP contribution in [0.3, 0.4) is 0 Å². The Morgan fingerprint density at radius 1 is 1.40 bits per heavy atom. The van der Waals surface area contributed by atoms with Crippen molar-refractivity contribution in [2.75, 3.05) is 7.11 Å². The predicted molar refractivity (Wildman–Crippen MR) is 61.7 cm³/mol. The molecule has 0 saturated carbocycles. The Hall–Kier alpha value is -1.46. The standard InChI is InChI=1S/C12H12ClNO/c1-3-9(8-14)12(13)10-4-6-11(15-2)7-5-10/h4-7H,3H2,1-2H3. The fourth-order valence-electron chi connectivity index (χ4n) is 1.19. The Labute approximate surface area is 94.7 Å². The number of hydrogen-bond donors (Lipinski definition) is 0. The van der Waals surface area contributed by atoms with E-state index in [1.807, 2.05) is 31.2 Å². The monoisotopic (exact) mass is 221 g/mol. The van der Waals surface area contributed by atoms with Crippen molar-refractivity contribution < 1.29 is 4.74 Å². The molecule has 0 aliphatic carbocycles. The number of allylic oxidation sites excluding steroid dienone is 1. The zero-order valence-corrected chi connectivity index (χ0v) is 9.51. The lowest BCUT2D eigenvalue weighted by atomic mass is 10.1. The van der Waals surface area contributed by atoms with Gasteiger partial charge < -0.3 is 4.74 Å². The number of hydrogen-bond acceptors (Lipinski definition) is 2. The van der Waals surface area contributed by atoms with E-state index in [0.29, 0.717) is 17.0 Å². The maximum Gasteiger partial charge on any atom is 0.118 e. The van der Waals surface area contributed by atoms with Gasteiger partial charge in [-0.05, 0) is 36.2 Å². The largest absolute Gasteiger partial charge is 0.497 e. The van der Waals surface area contributed by atoms with Gasteiger partial charge in [0.1, 0.15) is 5.75 Å². The fraction of sp³-hybridized carbons (Fsp3) is 0.250. The van der Waals surface area contributed by atoms with Crippen molar-refractivity contribution in [2.45, 2.75) is 13.3 Å². The number of halogens is 1. The first-order valence-corrected chi connectivity index (χ1v) is 5.03. The molecule has 0 saturated heterocycles. The maximum atomic E-state index is 8.84. The van der Waals surface area contributed by atoms with Crippen LogP contribution in [-0.2, 0) is 0 Å². The number of nitrogens with zero attached hydrogens (tertiary/aromatic N) is 1. The van der Waals surface area contributed by atoms with Gasteiger partial charge in [-0.3, -0.25) is 0 Å². The Kier molecular flexibility index (Phi) is 4.20. The molecule has 1 aromatic rings. The van der Waals surface area contributed by atoms with Crippen LogP contribution in [-0.4, -0.2) is 7.11 Å². The second-order valence-corrected chi connectivity index (χ2v) is 3.36. The van der Waals surface area contributed by atoms with Gasteiger partial charge >= 0.3 is 0 Å². The maximum absolute atomic E-state index is 8.84. The topological polar surface area (TPSA) is 33.0 Å². The van der Waals surface area contributed by atoms with Gasteiger partial charge in [0.15, 0.2) is 0 Å². The molecule has 2 nitrogen and oxygen atoms in total. The average molecular weight is 222 g/mol. The first-order chi connectivity index (χ1) is 7.22. The highest BCUT2D eigenvalue weighted by Gasteiger charge is 2.04. The van der Waals surface area contributed by atoms with E-state index in [1.165, 1.54) is 0 Å². The molecular weight excluding hydrogens is 210 g/mol. The molecule has 78 valence electrons. The lowest BCUT2D eigenvalue weighted by Crippen LogP contribution is -1.85. The van der Waals surface area contributed by atoms with Crippen molar-refractivity contribution >= 4 is 16.6 Å². The molecule has 0 aliphatic rings. The second kappa shape index (κ2) is 5.43. The molecule has 0 amide bonds. The molecule has 1 rings (SSSR count). The summed E-state index contributed by atoms with van der Waals surface area (Å²) in [5, 5.41) is 9.36. The lowest BCUT2D eigenvalue weighted by Gasteiger charge is -2.03. The van der Waals surface area contributed by atoms with Crippen LogP contribution in [0.4, 0.5) is 0 Å². The molecule has 1 aromatic carbocycles. The van der Waals surface area contributed by atoms with Crippen molar-refractivity contribution in [1.82, 2.24) is 0 Å². The van der Waals surface area contributed by atoms with E-state index in [2.05, 4.69) is 6.07 Å². The summed E-state index contributed by atoms with van der Waals surface area (Å²) < 4.78 is 5.04. The molecule has 0 spiro atoms. The summed E-state index contributed by atoms with van der Waals surface area (Å²) in [6, 6.07) is 9.42. The summed E-state index contributed by atoms with van der Waals surface area (Å²) in [4.78, 5) is 0. The van der Waals surface area contributed by atoms with Gasteiger partial charge in [-0.1, -0.05) is 18.5 Å². The van der Waals surface area contributed by atoms with Crippen LogP contribution in [0.25, 0.3) is 5.03 Å². The first-order valence-electron chi connectivity index (χ1n) is 4.66. The van der Waals surface area contributed by atoms with Crippen LogP contribution in [0, 0.1) is 11.3 Å². The van der Waals surface area contributed by atoms with Gasteiger partial charge in [-0.15, -0.1) is 0 Å². The minimum atomic E-state index is 0.516. The summed E-state index contributed by atoms with van der Waals surface area (Å²) in [7, 11) is 1.61. The van der Waals surface area contributed by atoms with Crippen LogP contribution in [0.5, 0.6) is 5.75 Å². The highest BCUT2D eigenvalue weighted by molar-refractivity contribution is 6.49. The van der Waals surface area contributed by atoms with Crippen LogP contribution in [0.15, 0.2) is 29.8 Å². The minimum absolute atomic E-state index is 0.516. The van der Waals surface area contributed by atoms with Crippen molar-refractivity contribution in [2.24, 2.45) is 0 Å². The number of nitriles is 1. The van der Waals surface area contributed by atoms with Crippen molar-refractivity contribution in [1.29, 1.82) is 5.26 Å². The van der Waals surface area contributed by atoms with Gasteiger partial charge in [-0.2, -0.15) is 5.26 Å². The Morgan fingerprint density at radius 3 is 2.40 bits per heavy atom. The third-order valence-electron chi connectivity index (χ3n) is 2.10. The van der Waals surface area contributed by atoms with Crippen LogP contribution < -0.4 is 4.74 Å². The van der Waals surface area contributed by atoms with E-state index in [1.54, 1.807) is 7.11 Å². The summed E-state index contributed by atoms with van der Waals surface area (Å²) in [5.74, 6) is 0.776. The Balaban J connectivity index is 3.07. The Morgan fingerprint density at radius 2 is 2.00 bits per heavy atom. The molecule has 0 aromatic heterocycles. The van der Waals surface area contributed by atoms with E-state index in [0.717, 1.165) is 11.3 Å². The van der Waals surface area contributed by atoms with Crippen molar-refractivity contribution in [3.63, 3.8) is 0 Å². The third kappa shape index (κ3) is 2.74. The molecule has 3 heteroatoms. The summed E-state index contributed by atoms with van der Waals surface area (Å²) in [6.07, 6.45) is 0.640. The van der Waals surface area contributed by atoms with Gasteiger partial charge in [-0.25, -0.2) is 0 Å². The zero-order chi connectivity index (χ0) is 11.3. The number of rotatable bonds is 3. The molecule has 0 unspecified atom stereocenters. The molecule has 0 N–H and O–H groups in total. The van der Waals surface area contributed by atoms with E-state index in [9.17, 15) is 0 Å². The highest BCUT2D eigenvalue weighted by atomic mass is 35.5. The molecule has 0 atom stereocenters. The number of ether oxygens (including phenoxy) is 1. The van der Waals surface area contributed by atoms with Gasteiger partial charge in [0.25, 0.3) is 0 Å². The molecular formula is C12H12ClNO. The molecule has 15 heavy (non-hydrogen) atoms. The molecule has 0 heterocycles. The predicted octanol–water partition coefficient (Wildman–Crippen LogP) is 3.58. The van der Waals surface area contributed by atoms with Crippen molar-refractivity contribution in [3.8, 4) is 11.8 Å². The molecule has 0 radical (unpaired) electrons. The average Bonchev–Trinajstić information content (AvgIpc) is 2.30. The highest BCUT2D eigenvalue weighted by Crippen LogP contribution is 2.26. The first kappa shape index (κ1) is 11.6. The van der Waals surface area contributed by atoms with Crippen LogP contribution in [0.1, 0.15) is 18.9 Å². The molecule has 0 aliphatic heterocycles. The SMILES string of the molecule is CCC(C#N)=C(Cl)c1ccc(OC)cc1. The fourth-order valence-corrected chi connectivity index (χ4v) is 1.50. The van der Waals surface area contributed by atoms with Crippen molar-refractivity contribution in [3.05, 3.63) is 35.4 Å². The summed E-state index contributed by atoms with van der Waals surface area (Å²) in [6.45, 7) is 1.91. The lowest BCUT2D eigenvalue weighted by molar-refractivity contribution is 0.415. The molecule has 0 fully saturated rings. The van der Waals surface area contributed by atoms with E-state index in [-0.39, 0.29) is 0 Å². The van der Waals surface area contributed by atoms with Crippen LogP contribution in [0.2, 0.25) is 0 Å². The quantitative estimate of drug-likeness (QED) is 0.731. The van der Waals surface area contributed by atoms with Crippen LogP contribution >= 0.6 is 11.6 Å². The number of benzene rings is 1.